The fraction of sp³-hybridized carbons (Fsp3) is 0.619. The average Bonchev–Trinajstić information content (AvgIpc) is 2.77. The predicted octanol–water partition coefficient (Wildman–Crippen LogP) is 2.21. The normalized spacial score (nSPS) is 19.1. The fourth-order valence-corrected chi connectivity index (χ4v) is 4.44. The Balaban J connectivity index is 1.57. The molecule has 2 aliphatic rings. The molecule has 1 aromatic carbocycles. The van der Waals surface area contributed by atoms with Gasteiger partial charge in [0.2, 0.25) is 0 Å². The maximum Gasteiger partial charge on any atom is 0.345 e. The maximum atomic E-state index is 12.4. The Hall–Kier alpha value is -2.52. The van der Waals surface area contributed by atoms with Gasteiger partial charge in [-0.3, -0.25) is 19.8 Å². The van der Waals surface area contributed by atoms with E-state index >= 15 is 0 Å². The molecule has 1 N–H and O–H groups in total. The second-order valence-electron chi connectivity index (χ2n) is 7.97. The summed E-state index contributed by atoms with van der Waals surface area (Å²) < 4.78 is 10.5. The molecule has 1 saturated carbocycles. The lowest BCUT2D eigenvalue weighted by atomic mass is 9.79. The monoisotopic (exact) mass is 419 g/mol. The van der Waals surface area contributed by atoms with E-state index in [0.717, 1.165) is 38.8 Å². The van der Waals surface area contributed by atoms with Gasteiger partial charge in [0, 0.05) is 30.7 Å². The minimum Gasteiger partial charge on any atom is -0.452 e. The molecule has 0 spiro atoms. The lowest BCUT2D eigenvalue weighted by molar-refractivity contribution is -0.385. The summed E-state index contributed by atoms with van der Waals surface area (Å²) >= 11 is 0. The number of ether oxygens (including phenoxy) is 2. The smallest absolute Gasteiger partial charge is 0.345 e. The van der Waals surface area contributed by atoms with Gasteiger partial charge in [-0.05, 0) is 25.8 Å². The predicted molar refractivity (Wildman–Crippen MR) is 109 cm³/mol. The van der Waals surface area contributed by atoms with Crippen molar-refractivity contribution in [2.24, 2.45) is 0 Å². The Morgan fingerprint density at radius 1 is 1.23 bits per heavy atom. The number of hydrogen-bond donors (Lipinski definition) is 1. The number of benzene rings is 1. The van der Waals surface area contributed by atoms with Crippen LogP contribution in [0.4, 0.5) is 5.69 Å². The lowest BCUT2D eigenvalue weighted by Crippen LogP contribution is -2.59. The molecule has 164 valence electrons. The first kappa shape index (κ1) is 22.2. The Morgan fingerprint density at radius 3 is 2.60 bits per heavy atom. The van der Waals surface area contributed by atoms with Gasteiger partial charge in [-0.2, -0.15) is 0 Å². The Morgan fingerprint density at radius 2 is 1.93 bits per heavy atom. The van der Waals surface area contributed by atoms with E-state index in [9.17, 15) is 19.7 Å². The molecular weight excluding hydrogens is 390 g/mol. The number of amides is 1. The quantitative estimate of drug-likeness (QED) is 0.410. The molecular formula is C21H29N3O6. The van der Waals surface area contributed by atoms with Crippen LogP contribution in [-0.2, 0) is 14.3 Å². The maximum absolute atomic E-state index is 12.4. The number of nitro groups is 1. The van der Waals surface area contributed by atoms with E-state index in [2.05, 4.69) is 10.2 Å². The van der Waals surface area contributed by atoms with Crippen LogP contribution in [0.2, 0.25) is 0 Å². The number of rotatable bonds is 7. The summed E-state index contributed by atoms with van der Waals surface area (Å²) in [6.07, 6.45) is 5.48. The largest absolute Gasteiger partial charge is 0.452 e. The first-order chi connectivity index (χ1) is 14.4. The minimum atomic E-state index is -0.874. The van der Waals surface area contributed by atoms with E-state index in [1.807, 2.05) is 0 Å². The van der Waals surface area contributed by atoms with Crippen molar-refractivity contribution in [2.45, 2.75) is 44.6 Å². The molecule has 0 unspecified atom stereocenters. The molecule has 0 radical (unpaired) electrons. The molecule has 30 heavy (non-hydrogen) atoms. The highest BCUT2D eigenvalue weighted by Crippen LogP contribution is 2.33. The molecule has 0 bridgehead atoms. The van der Waals surface area contributed by atoms with E-state index in [-0.39, 0.29) is 16.8 Å². The third-order valence-corrected chi connectivity index (χ3v) is 6.06. The third kappa shape index (κ3) is 5.14. The van der Waals surface area contributed by atoms with Gasteiger partial charge in [-0.25, -0.2) is 4.79 Å². The van der Waals surface area contributed by atoms with Crippen molar-refractivity contribution in [3.8, 4) is 0 Å². The van der Waals surface area contributed by atoms with Crippen LogP contribution in [0, 0.1) is 17.0 Å². The summed E-state index contributed by atoms with van der Waals surface area (Å²) in [5.41, 5.74) is -0.165. The molecule has 9 heteroatoms. The van der Waals surface area contributed by atoms with Crippen molar-refractivity contribution in [3.63, 3.8) is 0 Å². The number of nitrogens with one attached hydrogen (secondary N) is 1. The number of morpholine rings is 1. The van der Waals surface area contributed by atoms with E-state index < -0.39 is 23.4 Å². The average molecular weight is 419 g/mol. The van der Waals surface area contributed by atoms with E-state index in [0.29, 0.717) is 25.3 Å². The Kier molecular flexibility index (Phi) is 7.38. The van der Waals surface area contributed by atoms with Gasteiger partial charge in [0.25, 0.3) is 11.6 Å². The minimum absolute atomic E-state index is 0.0863. The highest BCUT2D eigenvalue weighted by Gasteiger charge is 2.38. The summed E-state index contributed by atoms with van der Waals surface area (Å²) in [6, 6.07) is 4.44. The molecule has 1 saturated heterocycles. The zero-order valence-corrected chi connectivity index (χ0v) is 17.4. The summed E-state index contributed by atoms with van der Waals surface area (Å²) in [5.74, 6) is -1.28. The second-order valence-corrected chi connectivity index (χ2v) is 7.97. The van der Waals surface area contributed by atoms with Crippen molar-refractivity contribution in [3.05, 3.63) is 39.4 Å². The number of nitro benzene ring substituents is 1. The van der Waals surface area contributed by atoms with Crippen molar-refractivity contribution in [2.75, 3.05) is 39.5 Å². The van der Waals surface area contributed by atoms with Gasteiger partial charge in [-0.15, -0.1) is 0 Å². The molecule has 1 aliphatic carbocycles. The third-order valence-electron chi connectivity index (χ3n) is 6.06. The van der Waals surface area contributed by atoms with Crippen LogP contribution in [-0.4, -0.2) is 66.7 Å². The van der Waals surface area contributed by atoms with Crippen LogP contribution in [0.5, 0.6) is 0 Å². The number of hydrogen-bond acceptors (Lipinski definition) is 7. The topological polar surface area (TPSA) is 111 Å². The number of para-hydroxylation sites is 1. The Labute approximate surface area is 175 Å². The van der Waals surface area contributed by atoms with Crippen LogP contribution in [0.3, 0.4) is 0 Å². The molecule has 3 rings (SSSR count). The second kappa shape index (κ2) is 9.99. The van der Waals surface area contributed by atoms with Crippen LogP contribution < -0.4 is 5.32 Å². The number of nitrogens with zero attached hydrogens (tertiary/aromatic N) is 2. The van der Waals surface area contributed by atoms with Gasteiger partial charge in [0.05, 0.1) is 18.1 Å². The molecule has 1 aliphatic heterocycles. The molecule has 0 aromatic heterocycles. The van der Waals surface area contributed by atoms with Crippen molar-refractivity contribution >= 4 is 17.6 Å². The number of carbonyl (C=O) groups is 2. The van der Waals surface area contributed by atoms with E-state index in [1.165, 1.54) is 12.5 Å². The van der Waals surface area contributed by atoms with Gasteiger partial charge >= 0.3 is 5.97 Å². The summed E-state index contributed by atoms with van der Waals surface area (Å²) in [5, 5.41) is 14.2. The molecule has 2 fully saturated rings. The number of aryl methyl sites for hydroxylation is 1. The van der Waals surface area contributed by atoms with Gasteiger partial charge in [0.15, 0.2) is 6.61 Å². The zero-order chi connectivity index (χ0) is 21.6. The fourth-order valence-electron chi connectivity index (χ4n) is 4.44. The summed E-state index contributed by atoms with van der Waals surface area (Å²) in [4.78, 5) is 37.7. The van der Waals surface area contributed by atoms with E-state index in [1.54, 1.807) is 19.1 Å². The SMILES string of the molecule is Cc1cccc(C(=O)OCC(=O)NCC2(N3CCOCC3)CCCCC2)c1[N+](=O)[O-]. The molecule has 1 amide bonds. The van der Waals surface area contributed by atoms with Gasteiger partial charge in [-0.1, -0.05) is 31.4 Å². The van der Waals surface area contributed by atoms with Crippen LogP contribution >= 0.6 is 0 Å². The van der Waals surface area contributed by atoms with Crippen molar-refractivity contribution in [1.82, 2.24) is 10.2 Å². The molecule has 1 aromatic rings. The number of carbonyl (C=O) groups excluding carboxylic acids is 2. The highest BCUT2D eigenvalue weighted by atomic mass is 16.6. The van der Waals surface area contributed by atoms with Crippen molar-refractivity contribution in [1.29, 1.82) is 0 Å². The first-order valence-corrected chi connectivity index (χ1v) is 10.4. The van der Waals surface area contributed by atoms with Crippen LogP contribution in [0.1, 0.15) is 48.0 Å². The lowest BCUT2D eigenvalue weighted by Gasteiger charge is -2.48. The standard InChI is InChI=1S/C21H29N3O6/c1-16-6-5-7-17(19(16)24(27)28)20(26)30-14-18(25)22-15-21(8-3-2-4-9-21)23-10-12-29-13-11-23/h5-7H,2-4,8-15H2,1H3,(H,22,25). The zero-order valence-electron chi connectivity index (χ0n) is 17.4. The molecule has 9 nitrogen and oxygen atoms in total. The van der Waals surface area contributed by atoms with E-state index in [4.69, 9.17) is 9.47 Å². The van der Waals surface area contributed by atoms with Gasteiger partial charge in [0.1, 0.15) is 5.56 Å². The summed E-state index contributed by atoms with van der Waals surface area (Å²) in [7, 11) is 0. The number of esters is 1. The van der Waals surface area contributed by atoms with Crippen LogP contribution in [0.25, 0.3) is 0 Å². The highest BCUT2D eigenvalue weighted by molar-refractivity contribution is 5.95. The molecule has 0 atom stereocenters. The first-order valence-electron chi connectivity index (χ1n) is 10.4. The Bertz CT molecular complexity index is 785. The van der Waals surface area contributed by atoms with Crippen molar-refractivity contribution < 1.29 is 24.0 Å². The summed E-state index contributed by atoms with van der Waals surface area (Å²) in [6.45, 7) is 4.67. The van der Waals surface area contributed by atoms with Gasteiger partial charge < -0.3 is 14.8 Å². The van der Waals surface area contributed by atoms with Crippen LogP contribution in [0.15, 0.2) is 18.2 Å². The molecule has 1 heterocycles.